The van der Waals surface area contributed by atoms with Gasteiger partial charge in [-0.1, -0.05) is 20.3 Å². The average molecular weight is 188 g/mol. The minimum atomic E-state index is 0.445. The van der Waals surface area contributed by atoms with Crippen molar-refractivity contribution in [3.8, 4) is 0 Å². The van der Waals surface area contributed by atoms with Gasteiger partial charge >= 0.3 is 0 Å². The lowest BCUT2D eigenvalue weighted by molar-refractivity contribution is -0.118. The van der Waals surface area contributed by atoms with E-state index in [2.05, 4.69) is 13.8 Å². The highest BCUT2D eigenvalue weighted by molar-refractivity contribution is 7.99. The Labute approximate surface area is 80.3 Å². The summed E-state index contributed by atoms with van der Waals surface area (Å²) in [4.78, 5) is 11.2. The molecular formula is C10H20OS. The molecule has 0 saturated heterocycles. The number of thioether (sulfide) groups is 1. The topological polar surface area (TPSA) is 17.1 Å². The lowest BCUT2D eigenvalue weighted by atomic mass is 10.1. The number of hydrogen-bond acceptors (Lipinski definition) is 2. The van der Waals surface area contributed by atoms with E-state index in [0.29, 0.717) is 5.78 Å². The number of Topliss-reactive ketones (excluding diaryl/α,β-unsaturated/α-hetero) is 1. The highest BCUT2D eigenvalue weighted by Gasteiger charge is 1.99. The molecule has 0 spiro atoms. The average Bonchev–Trinajstić information content (AvgIpc) is 2.09. The van der Waals surface area contributed by atoms with Crippen LogP contribution in [-0.4, -0.2) is 17.3 Å². The molecule has 0 aliphatic rings. The van der Waals surface area contributed by atoms with Crippen LogP contribution < -0.4 is 0 Å². The van der Waals surface area contributed by atoms with Crippen molar-refractivity contribution in [1.82, 2.24) is 0 Å². The summed E-state index contributed by atoms with van der Waals surface area (Å²) in [5, 5.41) is 0. The van der Waals surface area contributed by atoms with Gasteiger partial charge in [-0.2, -0.15) is 11.8 Å². The third-order valence-electron chi connectivity index (χ3n) is 1.68. The maximum absolute atomic E-state index is 11.2. The quantitative estimate of drug-likeness (QED) is 0.544. The molecule has 0 radical (unpaired) electrons. The molecule has 0 heterocycles. The summed E-state index contributed by atoms with van der Waals surface area (Å²) in [6, 6.07) is 0. The molecule has 0 bridgehead atoms. The van der Waals surface area contributed by atoms with E-state index in [0.717, 1.165) is 31.4 Å². The Bertz CT molecular complexity index is 112. The van der Waals surface area contributed by atoms with Gasteiger partial charge in [0.25, 0.3) is 0 Å². The Morgan fingerprint density at radius 3 is 2.42 bits per heavy atom. The second-order valence-corrected chi connectivity index (χ2v) is 4.23. The molecule has 0 aromatic carbocycles. The van der Waals surface area contributed by atoms with Gasteiger partial charge in [-0.25, -0.2) is 0 Å². The number of ketones is 1. The van der Waals surface area contributed by atoms with E-state index in [-0.39, 0.29) is 0 Å². The number of carbonyl (C=O) groups excluding carboxylic acids is 1. The SMILES string of the molecule is CCCCC(=O)CCSCCC. The lowest BCUT2D eigenvalue weighted by Crippen LogP contribution is -1.99. The van der Waals surface area contributed by atoms with Gasteiger partial charge in [-0.3, -0.25) is 4.79 Å². The summed E-state index contributed by atoms with van der Waals surface area (Å²) in [5.41, 5.74) is 0. The minimum absolute atomic E-state index is 0.445. The second kappa shape index (κ2) is 9.11. The second-order valence-electron chi connectivity index (χ2n) is 3.00. The Hall–Kier alpha value is 0.0200. The molecule has 0 saturated carbocycles. The van der Waals surface area contributed by atoms with E-state index in [4.69, 9.17) is 0 Å². The van der Waals surface area contributed by atoms with Crippen molar-refractivity contribution >= 4 is 17.5 Å². The first-order valence-corrected chi connectivity index (χ1v) is 6.06. The predicted molar refractivity (Wildman–Crippen MR) is 56.8 cm³/mol. The maximum Gasteiger partial charge on any atom is 0.133 e. The fourth-order valence-electron chi connectivity index (χ4n) is 0.931. The molecule has 0 atom stereocenters. The van der Waals surface area contributed by atoms with Gasteiger partial charge in [0, 0.05) is 18.6 Å². The summed E-state index contributed by atoms with van der Waals surface area (Å²) < 4.78 is 0. The van der Waals surface area contributed by atoms with E-state index in [1.54, 1.807) is 0 Å². The smallest absolute Gasteiger partial charge is 0.133 e. The zero-order valence-electron chi connectivity index (χ0n) is 8.27. The van der Waals surface area contributed by atoms with Gasteiger partial charge in [0.15, 0.2) is 0 Å². The summed E-state index contributed by atoms with van der Waals surface area (Å²) in [6.07, 6.45) is 4.99. The molecule has 72 valence electrons. The fourth-order valence-corrected chi connectivity index (χ4v) is 1.80. The lowest BCUT2D eigenvalue weighted by Gasteiger charge is -1.99. The molecule has 0 aliphatic carbocycles. The van der Waals surface area contributed by atoms with Crippen molar-refractivity contribution in [1.29, 1.82) is 0 Å². The Kier molecular flexibility index (Phi) is 9.13. The first-order valence-electron chi connectivity index (χ1n) is 4.90. The van der Waals surface area contributed by atoms with Crippen LogP contribution >= 0.6 is 11.8 Å². The van der Waals surface area contributed by atoms with Crippen LogP contribution in [-0.2, 0) is 4.79 Å². The molecule has 0 amide bonds. The van der Waals surface area contributed by atoms with Crippen LogP contribution in [0.3, 0.4) is 0 Å². The molecule has 2 heteroatoms. The van der Waals surface area contributed by atoms with Crippen LogP contribution in [0, 0.1) is 0 Å². The standard InChI is InChI=1S/C10H20OS/c1-3-5-6-10(11)7-9-12-8-4-2/h3-9H2,1-2H3. The number of rotatable bonds is 8. The van der Waals surface area contributed by atoms with Crippen molar-refractivity contribution in [2.45, 2.75) is 46.0 Å². The third-order valence-corrected chi connectivity index (χ3v) is 2.87. The minimum Gasteiger partial charge on any atom is -0.300 e. The first kappa shape index (κ1) is 12.0. The first-order chi connectivity index (χ1) is 5.81. The van der Waals surface area contributed by atoms with Crippen LogP contribution in [0.15, 0.2) is 0 Å². The molecule has 0 aliphatic heterocycles. The Morgan fingerprint density at radius 2 is 1.83 bits per heavy atom. The van der Waals surface area contributed by atoms with Crippen molar-refractivity contribution in [3.63, 3.8) is 0 Å². The van der Waals surface area contributed by atoms with Gasteiger partial charge in [0.1, 0.15) is 5.78 Å². The summed E-state index contributed by atoms with van der Waals surface area (Å²) >= 11 is 1.89. The van der Waals surface area contributed by atoms with Gasteiger partial charge < -0.3 is 0 Å². The normalized spacial score (nSPS) is 10.2. The fraction of sp³-hybridized carbons (Fsp3) is 0.900. The third kappa shape index (κ3) is 8.12. The summed E-state index contributed by atoms with van der Waals surface area (Å²) in [6.45, 7) is 4.30. The van der Waals surface area contributed by atoms with E-state index in [1.165, 1.54) is 12.2 Å². The van der Waals surface area contributed by atoms with Crippen LogP contribution in [0.25, 0.3) is 0 Å². The summed E-state index contributed by atoms with van der Waals surface area (Å²) in [5.74, 6) is 2.66. The zero-order chi connectivity index (χ0) is 9.23. The molecule has 0 unspecified atom stereocenters. The molecule has 0 N–H and O–H groups in total. The Morgan fingerprint density at radius 1 is 1.08 bits per heavy atom. The van der Waals surface area contributed by atoms with Crippen molar-refractivity contribution in [3.05, 3.63) is 0 Å². The molecule has 1 nitrogen and oxygen atoms in total. The van der Waals surface area contributed by atoms with E-state index >= 15 is 0 Å². The van der Waals surface area contributed by atoms with Crippen molar-refractivity contribution in [2.75, 3.05) is 11.5 Å². The van der Waals surface area contributed by atoms with Gasteiger partial charge in [0.05, 0.1) is 0 Å². The highest BCUT2D eigenvalue weighted by atomic mass is 32.2. The molecule has 0 aromatic heterocycles. The Balaban J connectivity index is 3.08. The van der Waals surface area contributed by atoms with Crippen LogP contribution in [0.4, 0.5) is 0 Å². The van der Waals surface area contributed by atoms with Gasteiger partial charge in [-0.05, 0) is 18.6 Å². The maximum atomic E-state index is 11.2. The van der Waals surface area contributed by atoms with Gasteiger partial charge in [0.2, 0.25) is 0 Å². The van der Waals surface area contributed by atoms with E-state index in [1.807, 2.05) is 11.8 Å². The van der Waals surface area contributed by atoms with E-state index < -0.39 is 0 Å². The number of carbonyl (C=O) groups is 1. The summed E-state index contributed by atoms with van der Waals surface area (Å²) in [7, 11) is 0. The molecule has 0 rings (SSSR count). The molecule has 0 aromatic rings. The van der Waals surface area contributed by atoms with E-state index in [9.17, 15) is 4.79 Å². The number of hydrogen-bond donors (Lipinski definition) is 0. The molecule has 0 fully saturated rings. The molecular weight excluding hydrogens is 168 g/mol. The van der Waals surface area contributed by atoms with Crippen LogP contribution in [0.1, 0.15) is 46.0 Å². The van der Waals surface area contributed by atoms with Crippen LogP contribution in [0.5, 0.6) is 0 Å². The van der Waals surface area contributed by atoms with Crippen molar-refractivity contribution in [2.24, 2.45) is 0 Å². The zero-order valence-corrected chi connectivity index (χ0v) is 9.08. The predicted octanol–water partition coefficient (Wildman–Crippen LogP) is 3.28. The van der Waals surface area contributed by atoms with Gasteiger partial charge in [-0.15, -0.1) is 0 Å². The largest absolute Gasteiger partial charge is 0.300 e. The molecule has 12 heavy (non-hydrogen) atoms. The highest BCUT2D eigenvalue weighted by Crippen LogP contribution is 2.06. The van der Waals surface area contributed by atoms with Crippen LogP contribution in [0.2, 0.25) is 0 Å². The van der Waals surface area contributed by atoms with Crippen molar-refractivity contribution < 1.29 is 4.79 Å². The number of unbranched alkanes of at least 4 members (excludes halogenated alkanes) is 1. The monoisotopic (exact) mass is 188 g/mol.